The average molecular weight is 618 g/mol. The van der Waals surface area contributed by atoms with Gasteiger partial charge >= 0.3 is 5.97 Å². The molecule has 12 heteroatoms. The van der Waals surface area contributed by atoms with Gasteiger partial charge in [-0.3, -0.25) is 9.59 Å². The quantitative estimate of drug-likeness (QED) is 0.381. The van der Waals surface area contributed by atoms with Crippen LogP contribution in [-0.4, -0.2) is 55.1 Å². The van der Waals surface area contributed by atoms with Crippen molar-refractivity contribution in [3.63, 3.8) is 0 Å². The number of sulfone groups is 1. The molecule has 0 saturated carbocycles. The lowest BCUT2D eigenvalue weighted by Crippen LogP contribution is -2.42. The van der Waals surface area contributed by atoms with Gasteiger partial charge in [0.15, 0.2) is 9.84 Å². The Bertz CT molecular complexity index is 1740. The topological polar surface area (TPSA) is 134 Å². The largest absolute Gasteiger partial charge is 0.480 e. The number of furan rings is 1. The highest BCUT2D eigenvalue weighted by atomic mass is 35.5. The van der Waals surface area contributed by atoms with Gasteiger partial charge in [-0.05, 0) is 66.6 Å². The molecule has 41 heavy (non-hydrogen) atoms. The van der Waals surface area contributed by atoms with E-state index in [2.05, 4.69) is 5.32 Å². The number of allylic oxidation sites excluding steroid dienone is 4. The number of hydrogen-bond donors (Lipinski definition) is 2. The molecular formula is C29H26Cl2N2O7S. The van der Waals surface area contributed by atoms with Gasteiger partial charge in [0.05, 0.1) is 21.9 Å². The summed E-state index contributed by atoms with van der Waals surface area (Å²) in [6, 6.07) is 7.34. The molecule has 5 rings (SSSR count). The van der Waals surface area contributed by atoms with Gasteiger partial charge in [-0.1, -0.05) is 41.4 Å². The van der Waals surface area contributed by atoms with Gasteiger partial charge in [-0.15, -0.1) is 0 Å². The number of halogens is 2. The van der Waals surface area contributed by atoms with E-state index in [4.69, 9.17) is 27.6 Å². The highest BCUT2D eigenvalue weighted by Crippen LogP contribution is 2.35. The van der Waals surface area contributed by atoms with Crippen molar-refractivity contribution in [3.8, 4) is 0 Å². The zero-order valence-electron chi connectivity index (χ0n) is 21.9. The van der Waals surface area contributed by atoms with Crippen LogP contribution in [0.25, 0.3) is 11.0 Å². The number of fused-ring (bicyclic) bond motifs is 2. The zero-order chi connectivity index (χ0) is 29.5. The number of aliphatic carboxylic acids is 1. The smallest absolute Gasteiger partial charge is 0.326 e. The van der Waals surface area contributed by atoms with Crippen molar-refractivity contribution >= 4 is 61.8 Å². The van der Waals surface area contributed by atoms with Crippen molar-refractivity contribution in [2.24, 2.45) is 5.92 Å². The number of rotatable bonds is 7. The van der Waals surface area contributed by atoms with Gasteiger partial charge in [-0.2, -0.15) is 0 Å². The number of nitrogens with zero attached hydrogens (tertiary/aromatic N) is 1. The predicted octanol–water partition coefficient (Wildman–Crippen LogP) is 5.02. The number of carbonyl (C=O) groups excluding carboxylic acids is 2. The van der Waals surface area contributed by atoms with Gasteiger partial charge in [0, 0.05) is 35.2 Å². The molecule has 2 atom stereocenters. The van der Waals surface area contributed by atoms with Crippen molar-refractivity contribution < 1.29 is 32.3 Å². The molecule has 1 aromatic heterocycles. The molecule has 0 saturated heterocycles. The second-order valence-corrected chi connectivity index (χ2v) is 13.0. The number of nitrogens with one attached hydrogen (secondary N) is 1. The van der Waals surface area contributed by atoms with Gasteiger partial charge < -0.3 is 19.7 Å². The minimum Gasteiger partial charge on any atom is -0.480 e. The number of carboxylic acid groups (broad SMARTS) is 1. The summed E-state index contributed by atoms with van der Waals surface area (Å²) in [5.41, 5.74) is 2.41. The molecule has 1 unspecified atom stereocenters. The SMILES string of the molecule is CS(=O)(=O)C1=CC=CC(C[C@H](NC(=O)c2c(Cl)cc3c(c2Cl)CCN(C(=O)c2ccc4ccoc4c2)C3)C(=O)O)C1. The number of carboxylic acids is 1. The van der Waals surface area contributed by atoms with E-state index >= 15 is 0 Å². The Morgan fingerprint density at radius 1 is 1.20 bits per heavy atom. The molecule has 3 aromatic rings. The fourth-order valence-corrected chi connectivity index (χ4v) is 6.82. The molecule has 2 heterocycles. The average Bonchev–Trinajstić information content (AvgIpc) is 3.39. The van der Waals surface area contributed by atoms with Crippen LogP contribution in [0, 0.1) is 5.92 Å². The van der Waals surface area contributed by atoms with E-state index in [9.17, 15) is 27.9 Å². The van der Waals surface area contributed by atoms with Crippen LogP contribution in [0.3, 0.4) is 0 Å². The third-order valence-electron chi connectivity index (χ3n) is 7.37. The normalized spacial score (nSPS) is 17.6. The molecule has 214 valence electrons. The van der Waals surface area contributed by atoms with Crippen LogP contribution in [0.1, 0.15) is 44.7 Å². The van der Waals surface area contributed by atoms with Gasteiger partial charge in [-0.25, -0.2) is 13.2 Å². The Morgan fingerprint density at radius 2 is 1.98 bits per heavy atom. The maximum atomic E-state index is 13.3. The van der Waals surface area contributed by atoms with E-state index in [1.807, 2.05) is 12.1 Å². The number of carbonyl (C=O) groups is 3. The fourth-order valence-electron chi connectivity index (χ4n) is 5.21. The summed E-state index contributed by atoms with van der Waals surface area (Å²) in [4.78, 5) is 40.3. The summed E-state index contributed by atoms with van der Waals surface area (Å²) in [5, 5.41) is 13.3. The van der Waals surface area contributed by atoms with E-state index in [1.165, 1.54) is 6.08 Å². The third kappa shape index (κ3) is 6.05. The standard InChI is InChI=1S/C29H26Cl2N2O7S/c1-41(38,39)20-4-2-3-16(11-20)12-23(29(36)37)32-27(34)25-22(30)13-19-15-33(9-7-21(19)26(25)31)28(35)18-6-5-17-8-10-40-24(17)14-18/h2-6,8,10,13-14,16,23H,7,9,11-12,15H2,1H3,(H,32,34)(H,36,37)/t16?,23-/m0/s1. The number of benzene rings is 2. The van der Waals surface area contributed by atoms with Crippen LogP contribution in [0.2, 0.25) is 10.0 Å². The van der Waals surface area contributed by atoms with Crippen molar-refractivity contribution in [1.82, 2.24) is 10.2 Å². The predicted molar refractivity (Wildman–Crippen MR) is 155 cm³/mol. The van der Waals surface area contributed by atoms with Crippen LogP contribution < -0.4 is 5.32 Å². The first-order valence-electron chi connectivity index (χ1n) is 12.8. The van der Waals surface area contributed by atoms with Crippen molar-refractivity contribution in [1.29, 1.82) is 0 Å². The summed E-state index contributed by atoms with van der Waals surface area (Å²) in [5.74, 6) is -2.61. The first-order chi connectivity index (χ1) is 19.4. The molecule has 0 bridgehead atoms. The van der Waals surface area contributed by atoms with E-state index in [0.29, 0.717) is 35.2 Å². The zero-order valence-corrected chi connectivity index (χ0v) is 24.2. The van der Waals surface area contributed by atoms with Gasteiger partial charge in [0.25, 0.3) is 11.8 Å². The molecule has 0 spiro atoms. The molecule has 0 fully saturated rings. The molecule has 1 aliphatic carbocycles. The molecule has 1 aliphatic heterocycles. The Labute approximate surface area is 246 Å². The van der Waals surface area contributed by atoms with Crippen molar-refractivity contribution in [2.75, 3.05) is 12.8 Å². The molecule has 9 nitrogen and oxygen atoms in total. The number of hydrogen-bond acceptors (Lipinski definition) is 6. The van der Waals surface area contributed by atoms with Crippen LogP contribution >= 0.6 is 23.2 Å². The third-order valence-corrected chi connectivity index (χ3v) is 9.34. The van der Waals surface area contributed by atoms with E-state index < -0.39 is 33.7 Å². The van der Waals surface area contributed by atoms with Crippen molar-refractivity contribution in [3.05, 3.63) is 92.0 Å². The minimum absolute atomic E-state index is 0.0223. The second kappa shape index (κ2) is 11.3. The van der Waals surface area contributed by atoms with E-state index in [0.717, 1.165) is 11.6 Å². The van der Waals surface area contributed by atoms with Crippen LogP contribution in [0.5, 0.6) is 0 Å². The van der Waals surface area contributed by atoms with Gasteiger partial charge in [0.1, 0.15) is 11.6 Å². The maximum Gasteiger partial charge on any atom is 0.326 e. The Kier molecular flexibility index (Phi) is 8.00. The maximum absolute atomic E-state index is 13.3. The lowest BCUT2D eigenvalue weighted by atomic mass is 9.92. The molecule has 2 aromatic carbocycles. The van der Waals surface area contributed by atoms with Crippen LogP contribution in [-0.2, 0) is 27.6 Å². The lowest BCUT2D eigenvalue weighted by Gasteiger charge is -2.30. The van der Waals surface area contributed by atoms with E-state index in [-0.39, 0.29) is 45.8 Å². The summed E-state index contributed by atoms with van der Waals surface area (Å²) in [6.07, 6.45) is 7.92. The lowest BCUT2D eigenvalue weighted by molar-refractivity contribution is -0.139. The Hall–Kier alpha value is -3.60. The molecular weight excluding hydrogens is 591 g/mol. The van der Waals surface area contributed by atoms with Crippen LogP contribution in [0.15, 0.2) is 64.1 Å². The minimum atomic E-state index is -3.42. The highest BCUT2D eigenvalue weighted by Gasteiger charge is 2.31. The molecule has 0 radical (unpaired) electrons. The summed E-state index contributed by atoms with van der Waals surface area (Å²) in [7, 11) is -3.42. The summed E-state index contributed by atoms with van der Waals surface area (Å²) in [6.45, 7) is 0.583. The summed E-state index contributed by atoms with van der Waals surface area (Å²) < 4.78 is 29.3. The molecule has 2 amide bonds. The second-order valence-electron chi connectivity index (χ2n) is 10.2. The highest BCUT2D eigenvalue weighted by molar-refractivity contribution is 7.94. The monoisotopic (exact) mass is 616 g/mol. The fraction of sp³-hybridized carbons (Fsp3) is 0.276. The number of amides is 2. The van der Waals surface area contributed by atoms with Crippen LogP contribution in [0.4, 0.5) is 0 Å². The first kappa shape index (κ1) is 28.9. The summed E-state index contributed by atoms with van der Waals surface area (Å²) >= 11 is 13.1. The Morgan fingerprint density at radius 3 is 2.71 bits per heavy atom. The molecule has 2 aliphatic rings. The molecule has 2 N–H and O–H groups in total. The Balaban J connectivity index is 1.31. The first-order valence-corrected chi connectivity index (χ1v) is 15.4. The van der Waals surface area contributed by atoms with Gasteiger partial charge in [0.2, 0.25) is 0 Å². The van der Waals surface area contributed by atoms with E-state index in [1.54, 1.807) is 41.5 Å². The van der Waals surface area contributed by atoms with Crippen molar-refractivity contribution in [2.45, 2.75) is 31.8 Å².